The Hall–Kier alpha value is -1.06. The van der Waals surface area contributed by atoms with E-state index in [0.29, 0.717) is 11.8 Å². The Morgan fingerprint density at radius 2 is 1.88 bits per heavy atom. The summed E-state index contributed by atoms with van der Waals surface area (Å²) in [5, 5.41) is 8.84. The molecule has 17 heavy (non-hydrogen) atoms. The maximum absolute atomic E-state index is 12.1. The zero-order valence-electron chi connectivity index (χ0n) is 10.6. The molecule has 1 saturated carbocycles. The molecule has 1 saturated heterocycles. The summed E-state index contributed by atoms with van der Waals surface area (Å²) < 4.78 is 0. The first kappa shape index (κ1) is 12.4. The van der Waals surface area contributed by atoms with Crippen LogP contribution in [0, 0.1) is 17.3 Å². The van der Waals surface area contributed by atoms with Crippen LogP contribution in [0.5, 0.6) is 0 Å². The molecule has 1 aliphatic carbocycles. The number of amides is 1. The van der Waals surface area contributed by atoms with Crippen molar-refractivity contribution >= 4 is 11.9 Å². The highest BCUT2D eigenvalue weighted by atomic mass is 16.4. The van der Waals surface area contributed by atoms with Crippen LogP contribution in [0.2, 0.25) is 0 Å². The average molecular weight is 239 g/mol. The lowest BCUT2D eigenvalue weighted by Gasteiger charge is -2.23. The van der Waals surface area contributed by atoms with Crippen LogP contribution in [-0.2, 0) is 9.59 Å². The lowest BCUT2D eigenvalue weighted by Crippen LogP contribution is -2.34. The molecule has 2 rings (SSSR count). The average Bonchev–Trinajstić information content (AvgIpc) is 3.00. The van der Waals surface area contributed by atoms with E-state index in [1.54, 1.807) is 0 Å². The molecule has 1 amide bonds. The summed E-state index contributed by atoms with van der Waals surface area (Å²) in [6.45, 7) is 6.05. The molecule has 2 aliphatic rings. The number of carboxylic acids is 1. The second kappa shape index (κ2) is 4.31. The molecule has 4 nitrogen and oxygen atoms in total. The molecule has 0 aromatic heterocycles. The SMILES string of the molecule is CC1(C)CCCN(C(=O)C2CC2C(=O)O)CC1. The molecule has 0 bridgehead atoms. The summed E-state index contributed by atoms with van der Waals surface area (Å²) in [5.41, 5.74) is 0.310. The third-order valence-corrected chi connectivity index (χ3v) is 4.08. The van der Waals surface area contributed by atoms with E-state index < -0.39 is 11.9 Å². The van der Waals surface area contributed by atoms with E-state index in [0.717, 1.165) is 32.4 Å². The molecule has 1 aliphatic heterocycles. The van der Waals surface area contributed by atoms with Crippen molar-refractivity contribution in [2.24, 2.45) is 17.3 Å². The fourth-order valence-corrected chi connectivity index (χ4v) is 2.62. The molecular weight excluding hydrogens is 218 g/mol. The highest BCUT2D eigenvalue weighted by Gasteiger charge is 2.49. The third kappa shape index (κ3) is 2.79. The van der Waals surface area contributed by atoms with Crippen molar-refractivity contribution in [3.8, 4) is 0 Å². The largest absolute Gasteiger partial charge is 0.481 e. The standard InChI is InChI=1S/C13H21NO3/c1-13(2)4-3-6-14(7-5-13)11(15)9-8-10(9)12(16)17/h9-10H,3-8H2,1-2H3,(H,16,17). The predicted octanol–water partition coefficient (Wildman–Crippen LogP) is 1.75. The summed E-state index contributed by atoms with van der Waals surface area (Å²) in [6, 6.07) is 0. The molecule has 0 radical (unpaired) electrons. The summed E-state index contributed by atoms with van der Waals surface area (Å²) in [6.07, 6.45) is 3.73. The van der Waals surface area contributed by atoms with E-state index in [4.69, 9.17) is 5.11 Å². The smallest absolute Gasteiger partial charge is 0.307 e. The highest BCUT2D eigenvalue weighted by molar-refractivity contribution is 5.89. The second-order valence-electron chi connectivity index (χ2n) is 6.13. The number of hydrogen-bond acceptors (Lipinski definition) is 2. The van der Waals surface area contributed by atoms with Crippen LogP contribution in [0.4, 0.5) is 0 Å². The number of likely N-dealkylation sites (tertiary alicyclic amines) is 1. The highest BCUT2D eigenvalue weighted by Crippen LogP contribution is 2.41. The van der Waals surface area contributed by atoms with Gasteiger partial charge in [0.2, 0.25) is 5.91 Å². The van der Waals surface area contributed by atoms with Crippen LogP contribution < -0.4 is 0 Å². The van der Waals surface area contributed by atoms with E-state index in [-0.39, 0.29) is 11.8 Å². The van der Waals surface area contributed by atoms with Gasteiger partial charge in [-0.3, -0.25) is 9.59 Å². The van der Waals surface area contributed by atoms with Crippen molar-refractivity contribution < 1.29 is 14.7 Å². The molecule has 0 spiro atoms. The minimum absolute atomic E-state index is 0.0649. The molecule has 2 fully saturated rings. The zero-order chi connectivity index (χ0) is 12.6. The summed E-state index contributed by atoms with van der Waals surface area (Å²) in [4.78, 5) is 24.7. The van der Waals surface area contributed by atoms with Gasteiger partial charge in [-0.15, -0.1) is 0 Å². The topological polar surface area (TPSA) is 57.6 Å². The Morgan fingerprint density at radius 1 is 1.18 bits per heavy atom. The minimum atomic E-state index is -0.821. The molecule has 4 heteroatoms. The number of hydrogen-bond donors (Lipinski definition) is 1. The number of carbonyl (C=O) groups excluding carboxylic acids is 1. The van der Waals surface area contributed by atoms with Gasteiger partial charge in [0.05, 0.1) is 11.8 Å². The van der Waals surface area contributed by atoms with Crippen molar-refractivity contribution in [2.45, 2.75) is 39.5 Å². The third-order valence-electron chi connectivity index (χ3n) is 4.08. The van der Waals surface area contributed by atoms with Gasteiger partial charge in [-0.1, -0.05) is 13.8 Å². The lowest BCUT2D eigenvalue weighted by molar-refractivity contribution is -0.142. The molecule has 0 aromatic carbocycles. The van der Waals surface area contributed by atoms with Gasteiger partial charge in [-0.2, -0.15) is 0 Å². The van der Waals surface area contributed by atoms with Gasteiger partial charge in [0, 0.05) is 13.1 Å². The van der Waals surface area contributed by atoms with Crippen molar-refractivity contribution in [3.63, 3.8) is 0 Å². The van der Waals surface area contributed by atoms with Crippen LogP contribution in [0.1, 0.15) is 39.5 Å². The summed E-state index contributed by atoms with van der Waals surface area (Å²) in [5.74, 6) is -1.42. The van der Waals surface area contributed by atoms with Crippen LogP contribution in [0.15, 0.2) is 0 Å². The Labute approximate surface area is 102 Å². The molecule has 2 atom stereocenters. The first-order valence-electron chi connectivity index (χ1n) is 6.42. The lowest BCUT2D eigenvalue weighted by atomic mass is 9.85. The van der Waals surface area contributed by atoms with Gasteiger partial charge < -0.3 is 10.0 Å². The van der Waals surface area contributed by atoms with Crippen molar-refractivity contribution in [3.05, 3.63) is 0 Å². The Kier molecular flexibility index (Phi) is 3.15. The van der Waals surface area contributed by atoms with Gasteiger partial charge in [0.15, 0.2) is 0 Å². The number of rotatable bonds is 2. The van der Waals surface area contributed by atoms with Crippen molar-refractivity contribution in [2.75, 3.05) is 13.1 Å². The van der Waals surface area contributed by atoms with Crippen LogP contribution in [0.25, 0.3) is 0 Å². The van der Waals surface area contributed by atoms with E-state index in [9.17, 15) is 9.59 Å². The molecule has 96 valence electrons. The molecule has 1 N–H and O–H groups in total. The summed E-state index contributed by atoms with van der Waals surface area (Å²) >= 11 is 0. The zero-order valence-corrected chi connectivity index (χ0v) is 10.6. The van der Waals surface area contributed by atoms with Gasteiger partial charge in [0.1, 0.15) is 0 Å². The first-order valence-corrected chi connectivity index (χ1v) is 6.42. The second-order valence-corrected chi connectivity index (χ2v) is 6.13. The van der Waals surface area contributed by atoms with Crippen LogP contribution in [0.3, 0.4) is 0 Å². The van der Waals surface area contributed by atoms with E-state index in [1.165, 1.54) is 0 Å². The van der Waals surface area contributed by atoms with E-state index in [2.05, 4.69) is 13.8 Å². The van der Waals surface area contributed by atoms with E-state index >= 15 is 0 Å². The maximum Gasteiger partial charge on any atom is 0.307 e. The number of aliphatic carboxylic acids is 1. The Bertz CT molecular complexity index is 338. The van der Waals surface area contributed by atoms with Crippen molar-refractivity contribution in [1.29, 1.82) is 0 Å². The fraction of sp³-hybridized carbons (Fsp3) is 0.846. The number of carboxylic acid groups (broad SMARTS) is 1. The Morgan fingerprint density at radius 3 is 2.47 bits per heavy atom. The monoisotopic (exact) mass is 239 g/mol. The minimum Gasteiger partial charge on any atom is -0.481 e. The van der Waals surface area contributed by atoms with Crippen molar-refractivity contribution in [1.82, 2.24) is 4.90 Å². The van der Waals surface area contributed by atoms with Gasteiger partial charge in [-0.05, 0) is 31.1 Å². The fourth-order valence-electron chi connectivity index (χ4n) is 2.62. The van der Waals surface area contributed by atoms with Gasteiger partial charge in [0.25, 0.3) is 0 Å². The van der Waals surface area contributed by atoms with E-state index in [1.807, 2.05) is 4.90 Å². The molecule has 2 unspecified atom stereocenters. The number of nitrogens with zero attached hydrogens (tertiary/aromatic N) is 1. The molecule has 0 aromatic rings. The molecular formula is C13H21NO3. The van der Waals surface area contributed by atoms with Crippen LogP contribution in [-0.4, -0.2) is 35.0 Å². The quantitative estimate of drug-likeness (QED) is 0.798. The Balaban J connectivity index is 1.91. The summed E-state index contributed by atoms with van der Waals surface area (Å²) in [7, 11) is 0. The van der Waals surface area contributed by atoms with Gasteiger partial charge in [-0.25, -0.2) is 0 Å². The normalized spacial score (nSPS) is 31.8. The predicted molar refractivity (Wildman–Crippen MR) is 63.4 cm³/mol. The first-order chi connectivity index (χ1) is 7.91. The maximum atomic E-state index is 12.1. The van der Waals surface area contributed by atoms with Gasteiger partial charge >= 0.3 is 5.97 Å². The number of carbonyl (C=O) groups is 2. The molecule has 1 heterocycles. The van der Waals surface area contributed by atoms with Crippen LogP contribution >= 0.6 is 0 Å².